The number of benzene rings is 1. The van der Waals surface area contributed by atoms with E-state index in [1.165, 1.54) is 19.1 Å². The Labute approximate surface area is 114 Å². The van der Waals surface area contributed by atoms with Crippen LogP contribution in [0, 0.1) is 15.9 Å². The van der Waals surface area contributed by atoms with E-state index in [4.69, 9.17) is 0 Å². The van der Waals surface area contributed by atoms with Crippen LogP contribution in [0.2, 0.25) is 0 Å². The van der Waals surface area contributed by atoms with Crippen molar-refractivity contribution >= 4 is 22.8 Å². The topological polar surface area (TPSA) is 78.6 Å². The van der Waals surface area contributed by atoms with Crippen molar-refractivity contribution in [3.63, 3.8) is 0 Å². The van der Waals surface area contributed by atoms with Gasteiger partial charge in [0, 0.05) is 11.6 Å². The molecule has 1 aromatic carbocycles. The number of nitrogens with zero attached hydrogens (tertiary/aromatic N) is 2. The van der Waals surface area contributed by atoms with Gasteiger partial charge in [0.05, 0.1) is 10.6 Å². The summed E-state index contributed by atoms with van der Waals surface area (Å²) in [6.45, 7) is 6.70. The molecular weight excluding hydrogens is 271 g/mol. The molecule has 104 valence electrons. The Morgan fingerprint density at radius 2 is 2.00 bits per heavy atom. The van der Waals surface area contributed by atoms with E-state index < -0.39 is 32.5 Å². The number of hydrogen-bond donors (Lipinski definition) is 0. The van der Waals surface area contributed by atoms with E-state index >= 15 is 0 Å². The number of nitro groups is 1. The van der Waals surface area contributed by atoms with Crippen molar-refractivity contribution in [1.82, 2.24) is 0 Å². The van der Waals surface area contributed by atoms with Gasteiger partial charge in [0.15, 0.2) is 0 Å². The lowest BCUT2D eigenvalue weighted by molar-refractivity contribution is -0.387. The van der Waals surface area contributed by atoms with Gasteiger partial charge in [0.2, 0.25) is 5.82 Å². The fourth-order valence-electron chi connectivity index (χ4n) is 1.25. The summed E-state index contributed by atoms with van der Waals surface area (Å²) in [4.78, 5) is 9.84. The second-order valence-corrected chi connectivity index (χ2v) is 6.84. The zero-order valence-electron chi connectivity index (χ0n) is 11.1. The van der Waals surface area contributed by atoms with Crippen molar-refractivity contribution < 1.29 is 13.9 Å². The van der Waals surface area contributed by atoms with Gasteiger partial charge in [-0.25, -0.2) is 0 Å². The molecular formula is C12H15FN2O3S. The average Bonchev–Trinajstić information content (AvgIpc) is 2.27. The maximum atomic E-state index is 13.9. The van der Waals surface area contributed by atoms with Crippen LogP contribution < -0.4 is 0 Å². The molecule has 0 heterocycles. The fraction of sp³-hybridized carbons (Fsp3) is 0.417. The van der Waals surface area contributed by atoms with Crippen molar-refractivity contribution in [2.45, 2.75) is 32.4 Å². The first-order valence-corrected chi connectivity index (χ1v) is 6.66. The van der Waals surface area contributed by atoms with Crippen LogP contribution in [-0.4, -0.2) is 19.9 Å². The molecule has 0 fully saturated rings. The molecule has 1 unspecified atom stereocenters. The van der Waals surface area contributed by atoms with E-state index in [9.17, 15) is 19.1 Å². The zero-order valence-corrected chi connectivity index (χ0v) is 12.0. The van der Waals surface area contributed by atoms with E-state index in [2.05, 4.69) is 4.40 Å². The summed E-state index contributed by atoms with van der Waals surface area (Å²) in [6, 6.07) is 3.82. The molecule has 1 atom stereocenters. The average molecular weight is 286 g/mol. The Balaban J connectivity index is 3.21. The number of hydrogen-bond acceptors (Lipinski definition) is 4. The highest BCUT2D eigenvalue weighted by molar-refractivity contribution is 7.91. The summed E-state index contributed by atoms with van der Waals surface area (Å²) in [5.41, 5.74) is -0.449. The predicted molar refractivity (Wildman–Crippen MR) is 73.2 cm³/mol. The third-order valence-corrected chi connectivity index (χ3v) is 3.80. The van der Waals surface area contributed by atoms with Crippen molar-refractivity contribution in [3.05, 3.63) is 39.7 Å². The Morgan fingerprint density at radius 3 is 2.47 bits per heavy atom. The molecule has 0 saturated carbocycles. The molecule has 0 spiro atoms. The molecule has 19 heavy (non-hydrogen) atoms. The first-order valence-electron chi connectivity index (χ1n) is 5.55. The SMILES string of the molecule is C/C(=N\[S+]([O-])C(C)(C)C)c1cccc([N+](=O)[O-])c1F. The minimum absolute atomic E-state index is 0.00759. The minimum Gasteiger partial charge on any atom is -0.591 e. The molecule has 0 aliphatic heterocycles. The Bertz CT molecular complexity index is 526. The van der Waals surface area contributed by atoms with Gasteiger partial charge in [0.1, 0.15) is 16.1 Å². The third kappa shape index (κ3) is 3.74. The predicted octanol–water partition coefficient (Wildman–Crippen LogP) is 3.01. The molecule has 0 N–H and O–H groups in total. The lowest BCUT2D eigenvalue weighted by Gasteiger charge is -2.18. The van der Waals surface area contributed by atoms with Gasteiger partial charge in [-0.1, -0.05) is 10.5 Å². The molecule has 5 nitrogen and oxygen atoms in total. The van der Waals surface area contributed by atoms with E-state index in [-0.39, 0.29) is 11.3 Å². The number of rotatable bonds is 3. The van der Waals surface area contributed by atoms with Gasteiger partial charge in [-0.3, -0.25) is 10.1 Å². The smallest absolute Gasteiger partial charge is 0.305 e. The second kappa shape index (κ2) is 5.66. The quantitative estimate of drug-likeness (QED) is 0.371. The van der Waals surface area contributed by atoms with Gasteiger partial charge in [-0.05, 0) is 33.8 Å². The van der Waals surface area contributed by atoms with Crippen LogP contribution >= 0.6 is 0 Å². The lowest BCUT2D eigenvalue weighted by Crippen LogP contribution is -2.26. The Morgan fingerprint density at radius 1 is 1.42 bits per heavy atom. The van der Waals surface area contributed by atoms with Crippen LogP contribution in [0.4, 0.5) is 10.1 Å². The molecule has 0 saturated heterocycles. The summed E-state index contributed by atoms with van der Waals surface area (Å²) in [5.74, 6) is -0.959. The third-order valence-electron chi connectivity index (χ3n) is 2.31. The van der Waals surface area contributed by atoms with Gasteiger partial charge < -0.3 is 4.55 Å². The highest BCUT2D eigenvalue weighted by atomic mass is 32.2. The first kappa shape index (κ1) is 15.6. The van der Waals surface area contributed by atoms with Crippen LogP contribution in [0.1, 0.15) is 33.3 Å². The molecule has 0 amide bonds. The molecule has 0 aliphatic carbocycles. The van der Waals surface area contributed by atoms with E-state index in [1.54, 1.807) is 20.8 Å². The van der Waals surface area contributed by atoms with Gasteiger partial charge >= 0.3 is 5.69 Å². The highest BCUT2D eigenvalue weighted by Gasteiger charge is 2.28. The summed E-state index contributed by atoms with van der Waals surface area (Å²) >= 11 is -1.54. The van der Waals surface area contributed by atoms with Crippen LogP contribution in [0.15, 0.2) is 22.6 Å². The lowest BCUT2D eigenvalue weighted by atomic mass is 10.1. The maximum Gasteiger partial charge on any atom is 0.305 e. The van der Waals surface area contributed by atoms with E-state index in [1.807, 2.05) is 0 Å². The molecule has 0 bridgehead atoms. The minimum atomic E-state index is -1.54. The van der Waals surface area contributed by atoms with Crippen molar-refractivity contribution in [1.29, 1.82) is 0 Å². The maximum absolute atomic E-state index is 13.9. The molecule has 0 radical (unpaired) electrons. The van der Waals surface area contributed by atoms with Crippen LogP contribution in [0.25, 0.3) is 0 Å². The Kier molecular flexibility index (Phi) is 4.65. The van der Waals surface area contributed by atoms with Gasteiger partial charge in [-0.2, -0.15) is 4.39 Å². The Hall–Kier alpha value is -1.47. The van der Waals surface area contributed by atoms with Gasteiger partial charge in [-0.15, -0.1) is 0 Å². The molecule has 0 aromatic heterocycles. The van der Waals surface area contributed by atoms with Crippen molar-refractivity contribution in [3.8, 4) is 0 Å². The summed E-state index contributed by atoms with van der Waals surface area (Å²) in [5, 5.41) is 10.6. The summed E-state index contributed by atoms with van der Waals surface area (Å²) in [7, 11) is 0. The fourth-order valence-corrected chi connectivity index (χ4v) is 1.87. The summed E-state index contributed by atoms with van der Waals surface area (Å²) < 4.78 is 29.1. The second-order valence-electron chi connectivity index (χ2n) is 4.93. The standard InChI is InChI=1S/C12H15FN2O3S/c1-8(14-19(18)12(2,3)4)9-6-5-7-10(11(9)13)15(16)17/h5-7H,1-4H3/b14-8+. The molecule has 1 aromatic rings. The number of nitro benzene ring substituents is 1. The largest absolute Gasteiger partial charge is 0.591 e. The van der Waals surface area contributed by atoms with Gasteiger partial charge in [0.25, 0.3) is 0 Å². The van der Waals surface area contributed by atoms with E-state index in [0.717, 1.165) is 6.07 Å². The number of halogens is 1. The van der Waals surface area contributed by atoms with Crippen molar-refractivity contribution in [2.75, 3.05) is 0 Å². The first-order chi connectivity index (χ1) is 8.64. The van der Waals surface area contributed by atoms with Crippen molar-refractivity contribution in [2.24, 2.45) is 4.40 Å². The zero-order chi connectivity index (χ0) is 14.8. The van der Waals surface area contributed by atoms with Crippen LogP contribution in [0.5, 0.6) is 0 Å². The monoisotopic (exact) mass is 286 g/mol. The van der Waals surface area contributed by atoms with Crippen LogP contribution in [-0.2, 0) is 11.4 Å². The molecule has 0 aliphatic rings. The van der Waals surface area contributed by atoms with E-state index in [0.29, 0.717) is 0 Å². The summed E-state index contributed by atoms with van der Waals surface area (Å²) in [6.07, 6.45) is 0. The molecule has 7 heteroatoms. The molecule has 1 rings (SSSR count). The normalized spacial score (nSPS) is 14.3. The van der Waals surface area contributed by atoms with Crippen LogP contribution in [0.3, 0.4) is 0 Å². The highest BCUT2D eigenvalue weighted by Crippen LogP contribution is 2.23.